The maximum absolute atomic E-state index is 10.6. The van der Waals surface area contributed by atoms with E-state index >= 15 is 0 Å². The van der Waals surface area contributed by atoms with Gasteiger partial charge in [0, 0.05) is 6.92 Å². The number of hydrogen-bond acceptors (Lipinski definition) is 2. The van der Waals surface area contributed by atoms with Crippen molar-refractivity contribution in [2.45, 2.75) is 19.8 Å². The summed E-state index contributed by atoms with van der Waals surface area (Å²) in [6.07, 6.45) is 2.46. The molecule has 0 unspecified atom stereocenters. The van der Waals surface area contributed by atoms with Gasteiger partial charge in [0.25, 0.3) is 0 Å². The minimum Gasteiger partial charge on any atom is -0.298 e. The Morgan fingerprint density at radius 2 is 2.09 bits per heavy atom. The molecule has 11 heavy (non-hydrogen) atoms. The quantitative estimate of drug-likeness (QED) is 0.594. The average Bonchev–Trinajstić information content (AvgIpc) is 1.93. The molecule has 63 valence electrons. The lowest BCUT2D eigenvalue weighted by atomic mass is 9.99. The number of hydrogen-bond donors (Lipinski definition) is 0. The van der Waals surface area contributed by atoms with E-state index in [1.54, 1.807) is 0 Å². The van der Waals surface area contributed by atoms with Crippen molar-refractivity contribution in [3.05, 3.63) is 6.92 Å². The van der Waals surface area contributed by atoms with E-state index in [1.807, 2.05) is 0 Å². The van der Waals surface area contributed by atoms with E-state index in [0.29, 0.717) is 6.54 Å². The average molecular weight is 154 g/mol. The third-order valence-electron chi connectivity index (χ3n) is 2.28. The normalized spacial score (nSPS) is 22.0. The van der Waals surface area contributed by atoms with Crippen LogP contribution >= 0.6 is 0 Å². The second kappa shape index (κ2) is 3.86. The van der Waals surface area contributed by atoms with Crippen LogP contribution in [0.4, 0.5) is 0 Å². The first kappa shape index (κ1) is 8.72. The summed E-state index contributed by atoms with van der Waals surface area (Å²) in [4.78, 5) is 12.8. The largest absolute Gasteiger partial charge is 0.298 e. The molecule has 0 aliphatic carbocycles. The van der Waals surface area contributed by atoms with Crippen molar-refractivity contribution in [2.24, 2.45) is 5.92 Å². The van der Waals surface area contributed by atoms with Crippen LogP contribution in [0.25, 0.3) is 0 Å². The fourth-order valence-corrected chi connectivity index (χ4v) is 1.47. The Kier molecular flexibility index (Phi) is 3.06. The molecule has 0 aromatic heterocycles. The molecule has 0 N–H and O–H groups in total. The summed E-state index contributed by atoms with van der Waals surface area (Å²) in [5, 5.41) is 0. The highest BCUT2D eigenvalue weighted by Crippen LogP contribution is 2.15. The van der Waals surface area contributed by atoms with E-state index in [-0.39, 0.29) is 5.78 Å². The number of carbonyl (C=O) groups is 1. The molecule has 0 aromatic carbocycles. The van der Waals surface area contributed by atoms with E-state index in [4.69, 9.17) is 0 Å². The highest BCUT2D eigenvalue weighted by Gasteiger charge is 2.15. The smallest absolute Gasteiger partial charge is 0.147 e. The Balaban J connectivity index is 2.22. The molecule has 0 saturated carbocycles. The molecule has 0 spiro atoms. The van der Waals surface area contributed by atoms with Crippen LogP contribution in [0.5, 0.6) is 0 Å². The zero-order valence-electron chi connectivity index (χ0n) is 7.18. The molecule has 0 aromatic rings. The van der Waals surface area contributed by atoms with E-state index < -0.39 is 0 Å². The van der Waals surface area contributed by atoms with Crippen molar-refractivity contribution in [1.82, 2.24) is 4.90 Å². The summed E-state index contributed by atoms with van der Waals surface area (Å²) >= 11 is 0. The molecule has 1 fully saturated rings. The van der Waals surface area contributed by atoms with Crippen LogP contribution in [0.1, 0.15) is 19.8 Å². The van der Waals surface area contributed by atoms with Gasteiger partial charge in [0.2, 0.25) is 0 Å². The zero-order valence-corrected chi connectivity index (χ0v) is 7.18. The first-order chi connectivity index (χ1) is 5.18. The number of carbonyl (C=O) groups excluding carboxylic acids is 1. The third-order valence-corrected chi connectivity index (χ3v) is 2.28. The van der Waals surface area contributed by atoms with Gasteiger partial charge in [0.15, 0.2) is 0 Å². The molecule has 1 rings (SSSR count). The van der Waals surface area contributed by atoms with Gasteiger partial charge in [0.05, 0.1) is 6.54 Å². The molecule has 2 nitrogen and oxygen atoms in total. The Bertz CT molecular complexity index is 136. The maximum atomic E-state index is 10.6. The Hall–Kier alpha value is -0.370. The molecule has 1 heterocycles. The summed E-state index contributed by atoms with van der Waals surface area (Å²) in [7, 11) is 0. The number of nitrogens with zero attached hydrogens (tertiary/aromatic N) is 1. The minimum absolute atomic E-state index is 0.0413. The van der Waals surface area contributed by atoms with Crippen LogP contribution in [0.2, 0.25) is 0 Å². The third kappa shape index (κ3) is 3.02. The second-order valence-electron chi connectivity index (χ2n) is 3.50. The lowest BCUT2D eigenvalue weighted by Crippen LogP contribution is -2.36. The number of rotatable bonds is 2. The van der Waals surface area contributed by atoms with Crippen LogP contribution in [-0.4, -0.2) is 30.3 Å². The van der Waals surface area contributed by atoms with Gasteiger partial charge in [-0.05, 0) is 31.8 Å². The lowest BCUT2D eigenvalue weighted by molar-refractivity contribution is -0.116. The fourth-order valence-electron chi connectivity index (χ4n) is 1.47. The first-order valence-electron chi connectivity index (χ1n) is 4.25. The van der Waals surface area contributed by atoms with Gasteiger partial charge in [-0.2, -0.15) is 0 Å². The van der Waals surface area contributed by atoms with Gasteiger partial charge in [-0.1, -0.05) is 6.92 Å². The maximum Gasteiger partial charge on any atom is 0.147 e. The molecule has 1 aliphatic rings. The summed E-state index contributed by atoms with van der Waals surface area (Å²) in [5.41, 5.74) is 0. The fraction of sp³-hybridized carbons (Fsp3) is 0.778. The van der Waals surface area contributed by atoms with Gasteiger partial charge >= 0.3 is 0 Å². The second-order valence-corrected chi connectivity index (χ2v) is 3.50. The lowest BCUT2D eigenvalue weighted by Gasteiger charge is -2.28. The summed E-state index contributed by atoms with van der Waals surface area (Å²) < 4.78 is 0. The van der Waals surface area contributed by atoms with Crippen molar-refractivity contribution in [3.8, 4) is 0 Å². The molecule has 1 radical (unpaired) electrons. The Morgan fingerprint density at radius 3 is 2.55 bits per heavy atom. The molecule has 0 atom stereocenters. The number of likely N-dealkylation sites (tertiary alicyclic amines) is 1. The molecule has 2 heteroatoms. The molecular formula is C9H16NO. The van der Waals surface area contributed by atoms with Crippen molar-refractivity contribution in [1.29, 1.82) is 0 Å². The summed E-state index contributed by atoms with van der Waals surface area (Å²) in [6.45, 7) is 8.33. The van der Waals surface area contributed by atoms with Crippen LogP contribution in [0, 0.1) is 12.8 Å². The van der Waals surface area contributed by atoms with Crippen LogP contribution < -0.4 is 0 Å². The first-order valence-corrected chi connectivity index (χ1v) is 4.25. The molecular weight excluding hydrogens is 138 g/mol. The molecule has 0 bridgehead atoms. The van der Waals surface area contributed by atoms with Crippen LogP contribution in [0.3, 0.4) is 0 Å². The van der Waals surface area contributed by atoms with E-state index in [0.717, 1.165) is 19.0 Å². The Labute approximate surface area is 68.6 Å². The highest BCUT2D eigenvalue weighted by molar-refractivity contribution is 5.84. The van der Waals surface area contributed by atoms with Crippen molar-refractivity contribution in [3.63, 3.8) is 0 Å². The van der Waals surface area contributed by atoms with Crippen LogP contribution in [0.15, 0.2) is 0 Å². The number of piperidine rings is 1. The Morgan fingerprint density at radius 1 is 1.55 bits per heavy atom. The predicted molar refractivity (Wildman–Crippen MR) is 45.2 cm³/mol. The highest BCUT2D eigenvalue weighted by atomic mass is 16.1. The van der Waals surface area contributed by atoms with Gasteiger partial charge in [-0.3, -0.25) is 9.69 Å². The van der Waals surface area contributed by atoms with E-state index in [2.05, 4.69) is 18.7 Å². The monoisotopic (exact) mass is 154 g/mol. The van der Waals surface area contributed by atoms with Crippen LogP contribution in [-0.2, 0) is 4.79 Å². The van der Waals surface area contributed by atoms with Crippen molar-refractivity contribution < 1.29 is 4.79 Å². The standard InChI is InChI=1S/C9H16NO/c1-8-3-5-10(6-4-8)7-9(2)11/h8H,2-7H2,1H3. The molecule has 0 amide bonds. The predicted octanol–water partition coefficient (Wildman–Crippen LogP) is 1.12. The van der Waals surface area contributed by atoms with Gasteiger partial charge in [-0.15, -0.1) is 0 Å². The number of Topliss-reactive ketones (excluding diaryl/α,β-unsaturated/α-hetero) is 1. The SMILES string of the molecule is [CH2]C(=O)CN1CCC(C)CC1. The zero-order chi connectivity index (χ0) is 8.27. The van der Waals surface area contributed by atoms with E-state index in [1.165, 1.54) is 12.8 Å². The molecule has 1 aliphatic heterocycles. The summed E-state index contributed by atoms with van der Waals surface area (Å²) in [5.74, 6) is 0.880. The van der Waals surface area contributed by atoms with Gasteiger partial charge in [0.1, 0.15) is 5.78 Å². The molecule has 1 saturated heterocycles. The minimum atomic E-state index is 0.0413. The van der Waals surface area contributed by atoms with Crippen molar-refractivity contribution in [2.75, 3.05) is 19.6 Å². The summed E-state index contributed by atoms with van der Waals surface area (Å²) in [6, 6.07) is 0. The van der Waals surface area contributed by atoms with Crippen molar-refractivity contribution >= 4 is 5.78 Å². The van der Waals surface area contributed by atoms with Gasteiger partial charge in [-0.25, -0.2) is 0 Å². The van der Waals surface area contributed by atoms with Gasteiger partial charge < -0.3 is 0 Å². The number of ketones is 1. The topological polar surface area (TPSA) is 20.3 Å². The van der Waals surface area contributed by atoms with E-state index in [9.17, 15) is 4.79 Å².